The van der Waals surface area contributed by atoms with Crippen molar-refractivity contribution in [2.45, 2.75) is 44.4 Å². The Labute approximate surface area is 170 Å². The van der Waals surface area contributed by atoms with Crippen molar-refractivity contribution >= 4 is 11.6 Å². The van der Waals surface area contributed by atoms with Crippen LogP contribution in [0.1, 0.15) is 60.6 Å². The van der Waals surface area contributed by atoms with Crippen molar-refractivity contribution in [1.29, 1.82) is 0 Å². The third-order valence-corrected chi connectivity index (χ3v) is 5.51. The molecule has 0 spiro atoms. The number of carbonyl (C=O) groups excluding carboxylic acids is 1. The zero-order chi connectivity index (χ0) is 20.8. The zero-order valence-corrected chi connectivity index (χ0v) is 17.0. The summed E-state index contributed by atoms with van der Waals surface area (Å²) in [5, 5.41) is 11.7. The Hall–Kier alpha value is -2.74. The largest absolute Gasteiger partial charge is 0.385 e. The number of aromatic nitrogens is 2. The topological polar surface area (TPSA) is 90.5 Å². The van der Waals surface area contributed by atoms with Crippen LogP contribution in [0.4, 0.5) is 5.69 Å². The molecule has 0 atom stereocenters. The fourth-order valence-electron chi connectivity index (χ4n) is 3.95. The molecule has 3 rings (SSSR count). The van der Waals surface area contributed by atoms with Crippen molar-refractivity contribution in [1.82, 2.24) is 14.5 Å². The Kier molecular flexibility index (Phi) is 6.98. The van der Waals surface area contributed by atoms with Crippen LogP contribution in [0.3, 0.4) is 0 Å². The van der Waals surface area contributed by atoms with Crippen molar-refractivity contribution in [2.24, 2.45) is 0 Å². The molecule has 0 radical (unpaired) electrons. The number of amides is 1. The number of benzene rings is 1. The lowest BCUT2D eigenvalue weighted by Crippen LogP contribution is -2.28. The second-order valence-corrected chi connectivity index (χ2v) is 7.52. The molecule has 1 amide bonds. The van der Waals surface area contributed by atoms with Crippen LogP contribution >= 0.6 is 0 Å². The van der Waals surface area contributed by atoms with Gasteiger partial charge in [-0.2, -0.15) is 0 Å². The average Bonchev–Trinajstić information content (AvgIpc) is 3.23. The van der Waals surface area contributed by atoms with E-state index in [2.05, 4.69) is 4.98 Å². The molecule has 8 heteroatoms. The number of carbonyl (C=O) groups is 1. The van der Waals surface area contributed by atoms with E-state index in [9.17, 15) is 14.9 Å². The Morgan fingerprint density at radius 3 is 2.79 bits per heavy atom. The Morgan fingerprint density at radius 1 is 1.34 bits per heavy atom. The number of nitro groups is 1. The van der Waals surface area contributed by atoms with Gasteiger partial charge in [-0.05, 0) is 31.4 Å². The van der Waals surface area contributed by atoms with Crippen molar-refractivity contribution in [2.75, 3.05) is 27.3 Å². The Bertz CT molecular complexity index is 858. The summed E-state index contributed by atoms with van der Waals surface area (Å²) in [5.41, 5.74) is 0.789. The fourth-order valence-corrected chi connectivity index (χ4v) is 3.95. The third kappa shape index (κ3) is 4.82. The number of methoxy groups -OCH3 is 1. The highest BCUT2D eigenvalue weighted by molar-refractivity contribution is 5.95. The molecule has 8 nitrogen and oxygen atoms in total. The van der Waals surface area contributed by atoms with E-state index in [1.54, 1.807) is 42.1 Å². The van der Waals surface area contributed by atoms with E-state index in [1.807, 2.05) is 0 Å². The van der Waals surface area contributed by atoms with E-state index in [0.717, 1.165) is 37.9 Å². The number of hydrogen-bond donors (Lipinski definition) is 0. The standard InChI is InChI=1S/C21H28N4O4/c1-23(12-6-14-29-2)21(26)17-9-10-18(25(27)28)19(15-17)24-13-11-22-20(24)16-7-4-3-5-8-16/h9-11,13,15-16H,3-8,12,14H2,1-2H3. The van der Waals surface area contributed by atoms with Gasteiger partial charge in [0, 0.05) is 57.3 Å². The van der Waals surface area contributed by atoms with Crippen LogP contribution in [0, 0.1) is 10.1 Å². The third-order valence-electron chi connectivity index (χ3n) is 5.51. The molecule has 1 aromatic carbocycles. The van der Waals surface area contributed by atoms with Crippen molar-refractivity contribution in [3.8, 4) is 5.69 Å². The summed E-state index contributed by atoms with van der Waals surface area (Å²) >= 11 is 0. The molecule has 1 heterocycles. The van der Waals surface area contributed by atoms with Gasteiger partial charge in [0.25, 0.3) is 11.6 Å². The summed E-state index contributed by atoms with van der Waals surface area (Å²) < 4.78 is 6.82. The summed E-state index contributed by atoms with van der Waals surface area (Å²) in [5.74, 6) is 0.955. The number of nitrogens with zero attached hydrogens (tertiary/aromatic N) is 4. The molecule has 29 heavy (non-hydrogen) atoms. The maximum absolute atomic E-state index is 12.8. The first kappa shape index (κ1) is 21.0. The molecule has 1 aliphatic carbocycles. The minimum Gasteiger partial charge on any atom is -0.385 e. The lowest BCUT2D eigenvalue weighted by Gasteiger charge is -2.22. The van der Waals surface area contributed by atoms with Gasteiger partial charge >= 0.3 is 0 Å². The number of nitro benzene ring substituents is 1. The van der Waals surface area contributed by atoms with Crippen molar-refractivity contribution < 1.29 is 14.5 Å². The van der Waals surface area contributed by atoms with E-state index >= 15 is 0 Å². The van der Waals surface area contributed by atoms with Crippen LogP contribution in [0.25, 0.3) is 5.69 Å². The SMILES string of the molecule is COCCCN(C)C(=O)c1ccc([N+](=O)[O-])c(-n2ccnc2C2CCCCC2)c1. The molecule has 0 aliphatic heterocycles. The number of imidazole rings is 1. The summed E-state index contributed by atoms with van der Waals surface area (Å²) in [6.07, 6.45) is 9.73. The minimum atomic E-state index is -0.406. The van der Waals surface area contributed by atoms with Crippen LogP contribution in [0.15, 0.2) is 30.6 Å². The highest BCUT2D eigenvalue weighted by atomic mass is 16.6. The van der Waals surface area contributed by atoms with Crippen molar-refractivity contribution in [3.05, 3.63) is 52.1 Å². The second-order valence-electron chi connectivity index (χ2n) is 7.52. The van der Waals surface area contributed by atoms with E-state index in [-0.39, 0.29) is 17.5 Å². The first-order valence-corrected chi connectivity index (χ1v) is 10.1. The van der Waals surface area contributed by atoms with Gasteiger partial charge < -0.3 is 9.64 Å². The van der Waals surface area contributed by atoms with Gasteiger partial charge in [0.15, 0.2) is 0 Å². The van der Waals surface area contributed by atoms with Crippen LogP contribution < -0.4 is 0 Å². The Morgan fingerprint density at radius 2 is 2.10 bits per heavy atom. The first-order valence-electron chi connectivity index (χ1n) is 10.1. The fraction of sp³-hybridized carbons (Fsp3) is 0.524. The average molecular weight is 400 g/mol. The van der Waals surface area contributed by atoms with Crippen LogP contribution in [-0.4, -0.2) is 52.6 Å². The molecule has 1 aliphatic rings. The highest BCUT2D eigenvalue weighted by Crippen LogP contribution is 2.34. The smallest absolute Gasteiger partial charge is 0.293 e. The first-order chi connectivity index (χ1) is 14.0. The summed E-state index contributed by atoms with van der Waals surface area (Å²) in [6.45, 7) is 1.13. The van der Waals surface area contributed by atoms with Gasteiger partial charge in [0.2, 0.25) is 0 Å². The maximum Gasteiger partial charge on any atom is 0.293 e. The molecule has 1 fully saturated rings. The van der Waals surface area contributed by atoms with Gasteiger partial charge in [0.05, 0.1) is 4.92 Å². The van der Waals surface area contributed by atoms with Gasteiger partial charge in [-0.3, -0.25) is 19.5 Å². The lowest BCUT2D eigenvalue weighted by molar-refractivity contribution is -0.384. The molecule has 156 valence electrons. The van der Waals surface area contributed by atoms with Crippen LogP contribution in [0.5, 0.6) is 0 Å². The second kappa shape index (κ2) is 9.65. The Balaban J connectivity index is 1.94. The quantitative estimate of drug-likeness (QED) is 0.380. The molecular weight excluding hydrogens is 372 g/mol. The summed E-state index contributed by atoms with van der Waals surface area (Å²) in [6, 6.07) is 4.55. The molecule has 1 aromatic heterocycles. The molecule has 1 saturated carbocycles. The van der Waals surface area contributed by atoms with Crippen LogP contribution in [0.2, 0.25) is 0 Å². The highest BCUT2D eigenvalue weighted by Gasteiger charge is 2.25. The molecule has 0 saturated heterocycles. The monoisotopic (exact) mass is 400 g/mol. The number of rotatable bonds is 8. The predicted octanol–water partition coefficient (Wildman–Crippen LogP) is 3.94. The molecule has 2 aromatic rings. The van der Waals surface area contributed by atoms with E-state index < -0.39 is 4.92 Å². The van der Waals surface area contributed by atoms with E-state index in [1.165, 1.54) is 18.6 Å². The number of hydrogen-bond acceptors (Lipinski definition) is 5. The summed E-state index contributed by atoms with van der Waals surface area (Å²) in [7, 11) is 3.35. The van der Waals surface area contributed by atoms with Crippen LogP contribution in [-0.2, 0) is 4.74 Å². The van der Waals surface area contributed by atoms with E-state index in [0.29, 0.717) is 24.4 Å². The van der Waals surface area contributed by atoms with Gasteiger partial charge in [-0.15, -0.1) is 0 Å². The van der Waals surface area contributed by atoms with E-state index in [4.69, 9.17) is 4.74 Å². The van der Waals surface area contributed by atoms with Crippen molar-refractivity contribution in [3.63, 3.8) is 0 Å². The minimum absolute atomic E-state index is 0.0290. The van der Waals surface area contributed by atoms with Gasteiger partial charge in [-0.25, -0.2) is 4.98 Å². The lowest BCUT2D eigenvalue weighted by atomic mass is 9.88. The zero-order valence-electron chi connectivity index (χ0n) is 17.0. The summed E-state index contributed by atoms with van der Waals surface area (Å²) in [4.78, 5) is 30.2. The normalized spacial score (nSPS) is 14.7. The predicted molar refractivity (Wildman–Crippen MR) is 109 cm³/mol. The van der Waals surface area contributed by atoms with Gasteiger partial charge in [-0.1, -0.05) is 19.3 Å². The molecule has 0 N–H and O–H groups in total. The van der Waals surface area contributed by atoms with Gasteiger partial charge in [0.1, 0.15) is 11.5 Å². The number of ether oxygens (including phenoxy) is 1. The molecule has 0 unspecified atom stereocenters. The molecule has 0 bridgehead atoms. The molecular formula is C21H28N4O4. The maximum atomic E-state index is 12.8.